The number of rotatable bonds is 3. The van der Waals surface area contributed by atoms with Crippen molar-refractivity contribution in [1.29, 1.82) is 0 Å². The molecule has 0 spiro atoms. The first-order valence-electron chi connectivity index (χ1n) is 8.22. The molecule has 2 N–H and O–H groups in total. The average Bonchev–Trinajstić information content (AvgIpc) is 2.93. The van der Waals surface area contributed by atoms with Crippen LogP contribution in [-0.2, 0) is 19.1 Å². The van der Waals surface area contributed by atoms with Crippen LogP contribution in [-0.4, -0.2) is 57.0 Å². The van der Waals surface area contributed by atoms with Crippen LogP contribution in [0.25, 0.3) is 0 Å². The van der Waals surface area contributed by atoms with Gasteiger partial charge in [0, 0.05) is 17.7 Å². The minimum absolute atomic E-state index is 0.0730. The molecule has 140 valence electrons. The summed E-state index contributed by atoms with van der Waals surface area (Å²) in [7, 11) is 0. The molecule has 0 bridgehead atoms. The summed E-state index contributed by atoms with van der Waals surface area (Å²) >= 11 is 1.55. The molecule has 0 aromatic rings. The van der Waals surface area contributed by atoms with Gasteiger partial charge in [0.15, 0.2) is 6.10 Å². The van der Waals surface area contributed by atoms with E-state index < -0.39 is 35.6 Å². The van der Waals surface area contributed by atoms with E-state index in [1.165, 1.54) is 6.92 Å². The fourth-order valence-electron chi connectivity index (χ4n) is 2.89. The number of imide groups is 1. The molecule has 2 aliphatic heterocycles. The van der Waals surface area contributed by atoms with E-state index in [2.05, 4.69) is 10.6 Å². The van der Waals surface area contributed by atoms with Crippen LogP contribution < -0.4 is 10.6 Å². The second kappa shape index (κ2) is 6.86. The largest absolute Gasteiger partial charge is 0.451 e. The molecule has 2 saturated heterocycles. The van der Waals surface area contributed by atoms with E-state index >= 15 is 0 Å². The number of carbonyl (C=O) groups excluding carboxylic acids is 4. The highest BCUT2D eigenvalue weighted by Gasteiger charge is 2.53. The van der Waals surface area contributed by atoms with Crippen LogP contribution in [0.3, 0.4) is 0 Å². The summed E-state index contributed by atoms with van der Waals surface area (Å²) in [5.41, 5.74) is -0.494. The number of carbonyl (C=O) groups is 4. The van der Waals surface area contributed by atoms with Crippen molar-refractivity contribution in [3.05, 3.63) is 0 Å². The Balaban J connectivity index is 1.91. The van der Waals surface area contributed by atoms with Gasteiger partial charge in [0.1, 0.15) is 6.04 Å². The van der Waals surface area contributed by atoms with Gasteiger partial charge in [-0.3, -0.25) is 14.9 Å². The molecule has 2 fully saturated rings. The fourth-order valence-corrected chi connectivity index (χ4v) is 4.30. The second-order valence-electron chi connectivity index (χ2n) is 7.54. The van der Waals surface area contributed by atoms with Crippen molar-refractivity contribution in [2.75, 3.05) is 5.75 Å². The maximum absolute atomic E-state index is 12.4. The molecular formula is C16H25N3O5S. The van der Waals surface area contributed by atoms with Gasteiger partial charge in [-0.1, -0.05) is 0 Å². The molecule has 4 amide bonds. The highest BCUT2D eigenvalue weighted by molar-refractivity contribution is 8.01. The van der Waals surface area contributed by atoms with Crippen molar-refractivity contribution in [3.63, 3.8) is 0 Å². The van der Waals surface area contributed by atoms with Crippen LogP contribution in [0, 0.1) is 0 Å². The van der Waals surface area contributed by atoms with Crippen LogP contribution >= 0.6 is 11.8 Å². The van der Waals surface area contributed by atoms with Gasteiger partial charge in [-0.2, -0.15) is 0 Å². The van der Waals surface area contributed by atoms with Crippen LogP contribution in [0.5, 0.6) is 0 Å². The molecule has 0 radical (unpaired) electrons. The van der Waals surface area contributed by atoms with E-state index in [1.807, 2.05) is 6.92 Å². The molecule has 2 aliphatic rings. The number of fused-ring (bicyclic) bond motifs is 1. The van der Waals surface area contributed by atoms with E-state index in [4.69, 9.17) is 4.74 Å². The first-order chi connectivity index (χ1) is 11.4. The number of hydrogen-bond acceptors (Lipinski definition) is 6. The van der Waals surface area contributed by atoms with Gasteiger partial charge in [0.2, 0.25) is 5.91 Å². The average molecular weight is 371 g/mol. The second-order valence-corrected chi connectivity index (χ2v) is 9.04. The number of ether oxygens (including phenoxy) is 1. The number of nitrogens with one attached hydrogen (secondary N) is 2. The van der Waals surface area contributed by atoms with Gasteiger partial charge in [-0.05, 0) is 41.0 Å². The summed E-state index contributed by atoms with van der Waals surface area (Å²) in [5, 5.41) is 4.73. The lowest BCUT2D eigenvalue weighted by Gasteiger charge is -2.29. The number of esters is 1. The molecule has 9 heteroatoms. The molecule has 8 nitrogen and oxygen atoms in total. The highest BCUT2D eigenvalue weighted by atomic mass is 32.2. The van der Waals surface area contributed by atoms with Crippen LogP contribution in [0.15, 0.2) is 0 Å². The first-order valence-corrected chi connectivity index (χ1v) is 9.21. The molecule has 2 rings (SSSR count). The van der Waals surface area contributed by atoms with Crippen molar-refractivity contribution in [2.45, 2.75) is 70.0 Å². The third kappa shape index (κ3) is 4.45. The van der Waals surface area contributed by atoms with Crippen molar-refractivity contribution in [1.82, 2.24) is 15.5 Å². The van der Waals surface area contributed by atoms with E-state index in [-0.39, 0.29) is 10.8 Å². The van der Waals surface area contributed by atoms with Crippen molar-refractivity contribution < 1.29 is 23.9 Å². The van der Waals surface area contributed by atoms with E-state index in [1.54, 1.807) is 37.4 Å². The molecular weight excluding hydrogens is 346 g/mol. The standard InChI is InChI=1S/C16H25N3O5S/c1-9(12(21)17-14(23)18-15(2,3)4)24-13(22)10-8-25-16(5)7-6-11(20)19(10)16/h9-10H,6-8H2,1-5H3,(H2,17,18,21,23)/t9-,10+,16-/m0/s1. The Kier molecular flexibility index (Phi) is 5.36. The Morgan fingerprint density at radius 3 is 2.60 bits per heavy atom. The zero-order chi connectivity index (χ0) is 19.0. The number of amides is 4. The molecule has 0 aromatic carbocycles. The number of urea groups is 1. The summed E-state index contributed by atoms with van der Waals surface area (Å²) in [6.45, 7) is 8.67. The summed E-state index contributed by atoms with van der Waals surface area (Å²) < 4.78 is 5.19. The third-order valence-electron chi connectivity index (χ3n) is 4.10. The van der Waals surface area contributed by atoms with E-state index in [9.17, 15) is 19.2 Å². The van der Waals surface area contributed by atoms with Crippen molar-refractivity contribution in [3.8, 4) is 0 Å². The normalized spacial score (nSPS) is 26.8. The minimum atomic E-state index is -1.13. The van der Waals surface area contributed by atoms with E-state index in [0.29, 0.717) is 18.6 Å². The van der Waals surface area contributed by atoms with Gasteiger partial charge >= 0.3 is 12.0 Å². The van der Waals surface area contributed by atoms with Gasteiger partial charge in [-0.15, -0.1) is 11.8 Å². The first kappa shape index (κ1) is 19.6. The van der Waals surface area contributed by atoms with Crippen molar-refractivity contribution in [2.24, 2.45) is 0 Å². The summed E-state index contributed by atoms with van der Waals surface area (Å²) in [6, 6.07) is -1.34. The molecule has 0 aliphatic carbocycles. The molecule has 0 saturated carbocycles. The molecule has 3 atom stereocenters. The lowest BCUT2D eigenvalue weighted by molar-refractivity contribution is -0.161. The monoisotopic (exact) mass is 371 g/mol. The summed E-state index contributed by atoms with van der Waals surface area (Å²) in [5.74, 6) is -0.961. The smallest absolute Gasteiger partial charge is 0.330 e. The van der Waals surface area contributed by atoms with Crippen LogP contribution in [0.4, 0.5) is 4.79 Å². The van der Waals surface area contributed by atoms with Crippen LogP contribution in [0.1, 0.15) is 47.5 Å². The lowest BCUT2D eigenvalue weighted by atomic mass is 10.1. The molecule has 25 heavy (non-hydrogen) atoms. The van der Waals surface area contributed by atoms with Crippen molar-refractivity contribution >= 4 is 35.6 Å². The SMILES string of the molecule is C[C@H](OC(=O)[C@H]1CS[C@@]2(C)CCC(=O)N12)C(=O)NC(=O)NC(C)(C)C. The molecule has 0 aromatic heterocycles. The van der Waals surface area contributed by atoms with Gasteiger partial charge in [0.05, 0.1) is 4.87 Å². The Bertz CT molecular complexity index is 603. The maximum Gasteiger partial charge on any atom is 0.330 e. The highest BCUT2D eigenvalue weighted by Crippen LogP contribution is 2.47. The Morgan fingerprint density at radius 1 is 1.36 bits per heavy atom. The Morgan fingerprint density at radius 2 is 2.00 bits per heavy atom. The molecule has 2 heterocycles. The quantitative estimate of drug-likeness (QED) is 0.717. The summed E-state index contributed by atoms with van der Waals surface area (Å²) in [4.78, 5) is 49.4. The van der Waals surface area contributed by atoms with Crippen LogP contribution in [0.2, 0.25) is 0 Å². The number of thioether (sulfide) groups is 1. The predicted octanol–water partition coefficient (Wildman–Crippen LogP) is 0.996. The fraction of sp³-hybridized carbons (Fsp3) is 0.750. The Labute approximate surface area is 151 Å². The van der Waals surface area contributed by atoms with Gasteiger partial charge < -0.3 is 15.0 Å². The van der Waals surface area contributed by atoms with Gasteiger partial charge in [0.25, 0.3) is 5.91 Å². The number of nitrogens with zero attached hydrogens (tertiary/aromatic N) is 1. The van der Waals surface area contributed by atoms with Gasteiger partial charge in [-0.25, -0.2) is 9.59 Å². The van der Waals surface area contributed by atoms with E-state index in [0.717, 1.165) is 0 Å². The molecule has 0 unspecified atom stereocenters. The lowest BCUT2D eigenvalue weighted by Crippen LogP contribution is -2.52. The maximum atomic E-state index is 12.4. The third-order valence-corrected chi connectivity index (χ3v) is 5.61. The topological polar surface area (TPSA) is 105 Å². The number of hydrogen-bond donors (Lipinski definition) is 2. The zero-order valence-electron chi connectivity index (χ0n) is 15.2. The summed E-state index contributed by atoms with van der Waals surface area (Å²) in [6.07, 6.45) is -0.0210. The Hall–Kier alpha value is -1.77. The zero-order valence-corrected chi connectivity index (χ0v) is 16.0. The predicted molar refractivity (Wildman–Crippen MR) is 92.7 cm³/mol. The minimum Gasteiger partial charge on any atom is -0.451 e.